The summed E-state index contributed by atoms with van der Waals surface area (Å²) in [6.07, 6.45) is 1.62. The summed E-state index contributed by atoms with van der Waals surface area (Å²) in [4.78, 5) is 13.0. The first-order valence-corrected chi connectivity index (χ1v) is 11.2. The van der Waals surface area contributed by atoms with E-state index in [9.17, 15) is 10.1 Å². The van der Waals surface area contributed by atoms with E-state index in [0.717, 1.165) is 27.5 Å². The minimum Gasteiger partial charge on any atom is -0.488 e. The number of rotatable bonds is 6. The summed E-state index contributed by atoms with van der Waals surface area (Å²) in [5.41, 5.74) is 5.69. The van der Waals surface area contributed by atoms with Crippen molar-refractivity contribution in [2.24, 2.45) is 0 Å². The zero-order valence-electron chi connectivity index (χ0n) is 19.6. The second kappa shape index (κ2) is 10.1. The number of amides is 1. The highest BCUT2D eigenvalue weighted by Gasteiger charge is 2.15. The minimum absolute atomic E-state index is 0.0115. The van der Waals surface area contributed by atoms with Gasteiger partial charge < -0.3 is 10.1 Å². The summed E-state index contributed by atoms with van der Waals surface area (Å²) in [6, 6.07) is 27.7. The number of carbonyl (C=O) groups excluding carboxylic acids is 1. The lowest BCUT2D eigenvalue weighted by atomic mass is 10.0. The molecule has 0 aliphatic carbocycles. The Balaban J connectivity index is 1.70. The predicted molar refractivity (Wildman–Crippen MR) is 138 cm³/mol. The molecule has 0 bridgehead atoms. The van der Waals surface area contributed by atoms with Crippen molar-refractivity contribution in [2.75, 3.05) is 5.32 Å². The molecular weight excluding hydrogens is 420 g/mol. The molecule has 4 heteroatoms. The maximum Gasteiger partial charge on any atom is 0.266 e. The highest BCUT2D eigenvalue weighted by atomic mass is 16.5. The molecule has 0 saturated heterocycles. The van der Waals surface area contributed by atoms with Crippen LogP contribution in [0.1, 0.15) is 27.8 Å². The van der Waals surface area contributed by atoms with E-state index in [2.05, 4.69) is 11.4 Å². The minimum atomic E-state index is -0.450. The molecule has 0 unspecified atom stereocenters. The van der Waals surface area contributed by atoms with Gasteiger partial charge in [0.25, 0.3) is 5.91 Å². The number of hydrogen-bond donors (Lipinski definition) is 1. The Morgan fingerprint density at radius 1 is 0.941 bits per heavy atom. The number of nitriles is 1. The molecule has 0 aromatic heterocycles. The van der Waals surface area contributed by atoms with E-state index < -0.39 is 5.91 Å². The van der Waals surface area contributed by atoms with Crippen molar-refractivity contribution in [1.29, 1.82) is 5.26 Å². The number of nitrogens with zero attached hydrogens (tertiary/aromatic N) is 1. The van der Waals surface area contributed by atoms with Crippen LogP contribution in [0.3, 0.4) is 0 Å². The Morgan fingerprint density at radius 2 is 1.71 bits per heavy atom. The summed E-state index contributed by atoms with van der Waals surface area (Å²) < 4.78 is 6.16. The number of fused-ring (bicyclic) bond motifs is 1. The summed E-state index contributed by atoms with van der Waals surface area (Å²) in [5.74, 6) is 0.167. The smallest absolute Gasteiger partial charge is 0.266 e. The third-order valence-electron chi connectivity index (χ3n) is 5.95. The van der Waals surface area contributed by atoms with Crippen molar-refractivity contribution in [1.82, 2.24) is 0 Å². The van der Waals surface area contributed by atoms with Gasteiger partial charge in [-0.15, -0.1) is 0 Å². The SMILES string of the molecule is Cc1ccc(COc2ccc3ccccc3c2/C=C(\C#N)C(=O)Nc2cccc(C)c2C)cc1. The second-order valence-corrected chi connectivity index (χ2v) is 8.34. The third kappa shape index (κ3) is 5.00. The van der Waals surface area contributed by atoms with E-state index in [1.54, 1.807) is 6.08 Å². The Morgan fingerprint density at radius 3 is 2.47 bits per heavy atom. The molecule has 0 heterocycles. The van der Waals surface area contributed by atoms with Gasteiger partial charge in [-0.3, -0.25) is 4.79 Å². The van der Waals surface area contributed by atoms with Crippen LogP contribution in [0.2, 0.25) is 0 Å². The number of carbonyl (C=O) groups is 1. The average Bonchev–Trinajstić information content (AvgIpc) is 2.85. The van der Waals surface area contributed by atoms with Crippen LogP contribution in [0.15, 0.2) is 84.4 Å². The molecule has 1 N–H and O–H groups in total. The van der Waals surface area contributed by atoms with Gasteiger partial charge in [-0.2, -0.15) is 5.26 Å². The molecule has 0 saturated carbocycles. The van der Waals surface area contributed by atoms with Gasteiger partial charge in [0.05, 0.1) is 0 Å². The van der Waals surface area contributed by atoms with Crippen molar-refractivity contribution in [2.45, 2.75) is 27.4 Å². The van der Waals surface area contributed by atoms with Gasteiger partial charge in [-0.25, -0.2) is 0 Å². The van der Waals surface area contributed by atoms with Crippen molar-refractivity contribution in [3.05, 3.63) is 112 Å². The highest BCUT2D eigenvalue weighted by Crippen LogP contribution is 2.31. The fraction of sp³-hybridized carbons (Fsp3) is 0.133. The molecular formula is C30H26N2O2. The van der Waals surface area contributed by atoms with Crippen LogP contribution in [0.25, 0.3) is 16.8 Å². The Kier molecular flexibility index (Phi) is 6.75. The van der Waals surface area contributed by atoms with E-state index in [1.807, 2.05) is 99.6 Å². The van der Waals surface area contributed by atoms with Crippen molar-refractivity contribution < 1.29 is 9.53 Å². The normalized spacial score (nSPS) is 11.2. The highest BCUT2D eigenvalue weighted by molar-refractivity contribution is 6.11. The molecule has 4 aromatic carbocycles. The standard InChI is InChI=1S/C30H26N2O2/c1-20-11-13-23(14-12-20)19-34-29-16-15-24-8-4-5-9-26(24)27(29)17-25(18-31)30(33)32-28-10-6-7-21(2)22(28)3/h4-17H,19H2,1-3H3,(H,32,33)/b25-17+. The Bertz CT molecular complexity index is 1430. The van der Waals surface area contributed by atoms with Crippen LogP contribution in [0.5, 0.6) is 5.75 Å². The van der Waals surface area contributed by atoms with E-state index >= 15 is 0 Å². The Hall–Kier alpha value is -4.36. The maximum atomic E-state index is 13.0. The van der Waals surface area contributed by atoms with Crippen LogP contribution in [0.4, 0.5) is 5.69 Å². The molecule has 4 aromatic rings. The molecule has 168 valence electrons. The van der Waals surface area contributed by atoms with Gasteiger partial charge >= 0.3 is 0 Å². The molecule has 0 aliphatic heterocycles. The average molecular weight is 447 g/mol. The second-order valence-electron chi connectivity index (χ2n) is 8.34. The lowest BCUT2D eigenvalue weighted by molar-refractivity contribution is -0.112. The number of aryl methyl sites for hydroxylation is 2. The van der Waals surface area contributed by atoms with E-state index in [-0.39, 0.29) is 5.57 Å². The zero-order valence-corrected chi connectivity index (χ0v) is 19.6. The van der Waals surface area contributed by atoms with E-state index in [4.69, 9.17) is 4.74 Å². The first-order valence-electron chi connectivity index (χ1n) is 11.2. The van der Waals surface area contributed by atoms with E-state index in [0.29, 0.717) is 23.6 Å². The Labute approximate surface area is 200 Å². The molecule has 0 radical (unpaired) electrons. The van der Waals surface area contributed by atoms with Crippen LogP contribution < -0.4 is 10.1 Å². The number of anilines is 1. The topological polar surface area (TPSA) is 62.1 Å². The van der Waals surface area contributed by atoms with Crippen LogP contribution >= 0.6 is 0 Å². The molecule has 0 atom stereocenters. The number of nitrogens with one attached hydrogen (secondary N) is 1. The van der Waals surface area contributed by atoms with E-state index in [1.165, 1.54) is 5.56 Å². The van der Waals surface area contributed by atoms with Crippen molar-refractivity contribution >= 4 is 28.4 Å². The van der Waals surface area contributed by atoms with Gasteiger partial charge in [0, 0.05) is 11.3 Å². The van der Waals surface area contributed by atoms with Gasteiger partial charge in [-0.05, 0) is 66.4 Å². The molecule has 0 fully saturated rings. The van der Waals surface area contributed by atoms with Crippen molar-refractivity contribution in [3.8, 4) is 11.8 Å². The van der Waals surface area contributed by atoms with Gasteiger partial charge in [-0.1, -0.05) is 72.3 Å². The zero-order chi connectivity index (χ0) is 24.1. The van der Waals surface area contributed by atoms with Gasteiger partial charge in [0.2, 0.25) is 0 Å². The lowest BCUT2D eigenvalue weighted by Gasteiger charge is -2.13. The van der Waals surface area contributed by atoms with Gasteiger partial charge in [0.15, 0.2) is 0 Å². The largest absolute Gasteiger partial charge is 0.488 e. The quantitative estimate of drug-likeness (QED) is 0.259. The number of hydrogen-bond acceptors (Lipinski definition) is 3. The fourth-order valence-corrected chi connectivity index (χ4v) is 3.76. The maximum absolute atomic E-state index is 13.0. The predicted octanol–water partition coefficient (Wildman–Crippen LogP) is 6.89. The monoisotopic (exact) mass is 446 g/mol. The summed E-state index contributed by atoms with van der Waals surface area (Å²) >= 11 is 0. The molecule has 4 rings (SSSR count). The first-order chi connectivity index (χ1) is 16.5. The first kappa shape index (κ1) is 22.8. The summed E-state index contributed by atoms with van der Waals surface area (Å²) in [7, 11) is 0. The molecule has 0 spiro atoms. The molecule has 34 heavy (non-hydrogen) atoms. The molecule has 4 nitrogen and oxygen atoms in total. The fourth-order valence-electron chi connectivity index (χ4n) is 3.76. The summed E-state index contributed by atoms with van der Waals surface area (Å²) in [6.45, 7) is 6.36. The van der Waals surface area contributed by atoms with Crippen LogP contribution in [-0.4, -0.2) is 5.91 Å². The van der Waals surface area contributed by atoms with Crippen LogP contribution in [0, 0.1) is 32.1 Å². The van der Waals surface area contributed by atoms with Gasteiger partial charge in [0.1, 0.15) is 24.0 Å². The molecule has 0 aliphatic rings. The molecule has 1 amide bonds. The summed E-state index contributed by atoms with van der Waals surface area (Å²) in [5, 5.41) is 14.6. The third-order valence-corrected chi connectivity index (χ3v) is 5.95. The van der Waals surface area contributed by atoms with Crippen molar-refractivity contribution in [3.63, 3.8) is 0 Å². The lowest BCUT2D eigenvalue weighted by Crippen LogP contribution is -2.14. The number of ether oxygens (including phenoxy) is 1. The van der Waals surface area contributed by atoms with Crippen LogP contribution in [-0.2, 0) is 11.4 Å². The number of benzene rings is 4.